The third-order valence-electron chi connectivity index (χ3n) is 3.35. The van der Waals surface area contributed by atoms with E-state index in [1.165, 1.54) is 4.90 Å². The molecule has 0 spiro atoms. The summed E-state index contributed by atoms with van der Waals surface area (Å²) in [5.41, 5.74) is 0.527. The van der Waals surface area contributed by atoms with Gasteiger partial charge in [-0.3, -0.25) is 14.4 Å². The first-order valence-electron chi connectivity index (χ1n) is 7.14. The van der Waals surface area contributed by atoms with Crippen molar-refractivity contribution in [3.63, 3.8) is 0 Å². The Bertz CT molecular complexity index is 634. The fraction of sp³-hybridized carbons (Fsp3) is 0.400. The van der Waals surface area contributed by atoms with Crippen molar-refractivity contribution in [1.82, 2.24) is 5.32 Å². The molecule has 124 valence electrons. The second-order valence-electron chi connectivity index (χ2n) is 5.11. The first-order valence-corrected chi connectivity index (χ1v) is 7.52. The number of fused-ring (bicyclic) bond motifs is 1. The molecule has 1 unspecified atom stereocenters. The molecular formula is C15H17ClN2O5. The van der Waals surface area contributed by atoms with Crippen LogP contribution in [0.4, 0.5) is 5.69 Å². The predicted octanol–water partition coefficient (Wildman–Crippen LogP) is 1.43. The number of amides is 2. The van der Waals surface area contributed by atoms with Crippen LogP contribution >= 0.6 is 11.6 Å². The number of halogens is 1. The van der Waals surface area contributed by atoms with Gasteiger partial charge in [-0.2, -0.15) is 0 Å². The molecule has 7 nitrogen and oxygen atoms in total. The van der Waals surface area contributed by atoms with Gasteiger partial charge in [0.2, 0.25) is 5.91 Å². The van der Waals surface area contributed by atoms with Crippen LogP contribution in [0.1, 0.15) is 19.8 Å². The highest BCUT2D eigenvalue weighted by Gasteiger charge is 2.31. The summed E-state index contributed by atoms with van der Waals surface area (Å²) in [7, 11) is 0. The van der Waals surface area contributed by atoms with Crippen molar-refractivity contribution in [2.45, 2.75) is 25.9 Å². The first kappa shape index (κ1) is 17.1. The number of hydrogen-bond acceptors (Lipinski definition) is 4. The summed E-state index contributed by atoms with van der Waals surface area (Å²) in [6.07, 6.45) is -0.722. The van der Waals surface area contributed by atoms with Crippen LogP contribution < -0.4 is 15.0 Å². The molecule has 1 atom stereocenters. The van der Waals surface area contributed by atoms with Crippen LogP contribution in [0.5, 0.6) is 5.75 Å². The molecule has 2 N–H and O–H groups in total. The number of carbonyl (C=O) groups is 3. The van der Waals surface area contributed by atoms with Crippen molar-refractivity contribution in [2.75, 3.05) is 18.0 Å². The molecule has 2 amide bonds. The molecule has 2 rings (SSSR count). The maximum absolute atomic E-state index is 12.3. The molecule has 1 heterocycles. The van der Waals surface area contributed by atoms with E-state index in [-0.39, 0.29) is 37.7 Å². The zero-order chi connectivity index (χ0) is 17.0. The number of carboxylic acid groups (broad SMARTS) is 1. The van der Waals surface area contributed by atoms with Gasteiger partial charge in [-0.1, -0.05) is 11.6 Å². The number of ether oxygens (including phenoxy) is 1. The van der Waals surface area contributed by atoms with E-state index in [2.05, 4.69) is 5.32 Å². The van der Waals surface area contributed by atoms with Crippen LogP contribution in [0, 0.1) is 0 Å². The first-order chi connectivity index (χ1) is 10.9. The third kappa shape index (κ3) is 4.35. The molecule has 1 aromatic carbocycles. The largest absolute Gasteiger partial charge is 0.481 e. The van der Waals surface area contributed by atoms with Crippen LogP contribution in [0.3, 0.4) is 0 Å². The Balaban J connectivity index is 2.01. The Kier molecular flexibility index (Phi) is 5.44. The molecule has 1 aliphatic heterocycles. The van der Waals surface area contributed by atoms with E-state index in [9.17, 15) is 14.4 Å². The maximum atomic E-state index is 12.3. The van der Waals surface area contributed by atoms with E-state index < -0.39 is 12.1 Å². The predicted molar refractivity (Wildman–Crippen MR) is 83.8 cm³/mol. The van der Waals surface area contributed by atoms with Gasteiger partial charge in [0.25, 0.3) is 5.91 Å². The highest BCUT2D eigenvalue weighted by molar-refractivity contribution is 6.31. The summed E-state index contributed by atoms with van der Waals surface area (Å²) in [6.45, 7) is 1.86. The summed E-state index contributed by atoms with van der Waals surface area (Å²) in [5.74, 6) is -1.02. The number of nitrogens with one attached hydrogen (secondary N) is 1. The average Bonchev–Trinajstić information content (AvgIpc) is 2.48. The number of nitrogens with zero attached hydrogens (tertiary/aromatic N) is 1. The smallest absolute Gasteiger partial charge is 0.305 e. The highest BCUT2D eigenvalue weighted by Crippen LogP contribution is 2.36. The molecule has 0 bridgehead atoms. The molecular weight excluding hydrogens is 324 g/mol. The zero-order valence-corrected chi connectivity index (χ0v) is 13.3. The van der Waals surface area contributed by atoms with Gasteiger partial charge in [-0.05, 0) is 25.1 Å². The van der Waals surface area contributed by atoms with E-state index in [0.29, 0.717) is 16.5 Å². The fourth-order valence-corrected chi connectivity index (χ4v) is 2.39. The minimum Gasteiger partial charge on any atom is -0.481 e. The molecule has 1 aromatic rings. The zero-order valence-electron chi connectivity index (χ0n) is 12.5. The van der Waals surface area contributed by atoms with E-state index in [4.69, 9.17) is 21.4 Å². The molecule has 0 radical (unpaired) electrons. The van der Waals surface area contributed by atoms with E-state index in [0.717, 1.165) is 0 Å². The van der Waals surface area contributed by atoms with Gasteiger partial charge in [0.05, 0.1) is 12.1 Å². The van der Waals surface area contributed by atoms with Gasteiger partial charge in [-0.15, -0.1) is 0 Å². The molecule has 0 saturated carbocycles. The van der Waals surface area contributed by atoms with Crippen molar-refractivity contribution < 1.29 is 24.2 Å². The van der Waals surface area contributed by atoms with Crippen LogP contribution in [-0.2, 0) is 14.4 Å². The number of hydrogen-bond donors (Lipinski definition) is 2. The third-order valence-corrected chi connectivity index (χ3v) is 3.59. The number of rotatable bonds is 6. The van der Waals surface area contributed by atoms with Gasteiger partial charge < -0.3 is 20.1 Å². The number of anilines is 1. The second kappa shape index (κ2) is 7.32. The minimum atomic E-state index is -0.981. The lowest BCUT2D eigenvalue weighted by Crippen LogP contribution is -2.45. The topological polar surface area (TPSA) is 95.9 Å². The minimum absolute atomic E-state index is 0.0596. The summed E-state index contributed by atoms with van der Waals surface area (Å²) in [5, 5.41) is 11.5. The summed E-state index contributed by atoms with van der Waals surface area (Å²) in [6, 6.07) is 4.96. The second-order valence-corrected chi connectivity index (χ2v) is 5.54. The lowest BCUT2D eigenvalue weighted by atomic mass is 10.1. The standard InChI is InChI=1S/C15H17ClN2O5/c1-9-15(22)18(7-5-13(19)17-6-4-14(20)21)11-8-10(16)2-3-12(11)23-9/h2-3,8-9H,4-7H2,1H3,(H,17,19)(H,20,21). The Morgan fingerprint density at radius 2 is 2.13 bits per heavy atom. The quantitative estimate of drug-likeness (QED) is 0.816. The monoisotopic (exact) mass is 340 g/mol. The van der Waals surface area contributed by atoms with Crippen LogP contribution in [0.15, 0.2) is 18.2 Å². The van der Waals surface area contributed by atoms with E-state index in [1.54, 1.807) is 25.1 Å². The Hall–Kier alpha value is -2.28. The van der Waals surface area contributed by atoms with Gasteiger partial charge in [0, 0.05) is 24.5 Å². The maximum Gasteiger partial charge on any atom is 0.305 e. The van der Waals surface area contributed by atoms with Gasteiger partial charge in [0.1, 0.15) is 5.75 Å². The van der Waals surface area contributed by atoms with E-state index >= 15 is 0 Å². The van der Waals surface area contributed by atoms with Crippen molar-refractivity contribution >= 4 is 35.1 Å². The van der Waals surface area contributed by atoms with Gasteiger partial charge >= 0.3 is 5.97 Å². The number of carboxylic acids is 1. The summed E-state index contributed by atoms with van der Waals surface area (Å²) >= 11 is 5.96. The summed E-state index contributed by atoms with van der Waals surface area (Å²) < 4.78 is 5.51. The average molecular weight is 341 g/mol. The lowest BCUT2D eigenvalue weighted by molar-refractivity contribution is -0.137. The molecule has 8 heteroatoms. The molecule has 0 fully saturated rings. The van der Waals surface area contributed by atoms with Crippen LogP contribution in [0.25, 0.3) is 0 Å². The lowest BCUT2D eigenvalue weighted by Gasteiger charge is -2.33. The molecule has 23 heavy (non-hydrogen) atoms. The van der Waals surface area contributed by atoms with Crippen molar-refractivity contribution in [1.29, 1.82) is 0 Å². The normalized spacial score (nSPS) is 16.5. The van der Waals surface area contributed by atoms with Crippen LogP contribution in [-0.4, -0.2) is 42.1 Å². The SMILES string of the molecule is CC1Oc2ccc(Cl)cc2N(CCC(=O)NCCC(=O)O)C1=O. The Morgan fingerprint density at radius 3 is 2.83 bits per heavy atom. The van der Waals surface area contributed by atoms with Gasteiger partial charge in [-0.25, -0.2) is 0 Å². The number of carbonyl (C=O) groups excluding carboxylic acids is 2. The van der Waals surface area contributed by atoms with Crippen LogP contribution in [0.2, 0.25) is 5.02 Å². The fourth-order valence-electron chi connectivity index (χ4n) is 2.22. The Labute approximate surface area is 138 Å². The van der Waals surface area contributed by atoms with Crippen molar-refractivity contribution in [2.24, 2.45) is 0 Å². The molecule has 0 saturated heterocycles. The Morgan fingerprint density at radius 1 is 1.39 bits per heavy atom. The molecule has 0 aliphatic carbocycles. The number of aliphatic carboxylic acids is 1. The highest BCUT2D eigenvalue weighted by atomic mass is 35.5. The molecule has 0 aromatic heterocycles. The van der Waals surface area contributed by atoms with E-state index in [1.807, 2.05) is 0 Å². The summed E-state index contributed by atoms with van der Waals surface area (Å²) in [4.78, 5) is 35.9. The van der Waals surface area contributed by atoms with Crippen molar-refractivity contribution in [3.05, 3.63) is 23.2 Å². The number of benzene rings is 1. The van der Waals surface area contributed by atoms with Crippen molar-refractivity contribution in [3.8, 4) is 5.75 Å². The molecule has 1 aliphatic rings. The van der Waals surface area contributed by atoms with Gasteiger partial charge in [0.15, 0.2) is 6.10 Å².